The van der Waals surface area contributed by atoms with Gasteiger partial charge in [0.15, 0.2) is 6.10 Å². The zero-order valence-corrected chi connectivity index (χ0v) is 47.5. The molecule has 0 aromatic carbocycles. The van der Waals surface area contributed by atoms with Gasteiger partial charge in [0, 0.05) is 19.3 Å². The highest BCUT2D eigenvalue weighted by Crippen LogP contribution is 2.17. The third-order valence-corrected chi connectivity index (χ3v) is 13.8. The Kier molecular flexibility index (Phi) is 57.7. The largest absolute Gasteiger partial charge is 0.462 e. The molecule has 0 N–H and O–H groups in total. The molecule has 0 aromatic rings. The van der Waals surface area contributed by atoms with Crippen LogP contribution in [-0.2, 0) is 28.6 Å². The zero-order chi connectivity index (χ0) is 51.4. The van der Waals surface area contributed by atoms with Gasteiger partial charge in [0.2, 0.25) is 0 Å². The highest BCUT2D eigenvalue weighted by Gasteiger charge is 2.19. The van der Waals surface area contributed by atoms with Crippen LogP contribution in [0, 0.1) is 0 Å². The Morgan fingerprint density at radius 2 is 0.507 bits per heavy atom. The van der Waals surface area contributed by atoms with Crippen molar-refractivity contribution in [3.05, 3.63) is 48.6 Å². The normalized spacial score (nSPS) is 12.3. The first kappa shape index (κ1) is 68.4. The average molecular weight is 996 g/mol. The number of allylic oxidation sites excluding steroid dienone is 8. The van der Waals surface area contributed by atoms with Gasteiger partial charge in [0.1, 0.15) is 13.2 Å². The van der Waals surface area contributed by atoms with E-state index >= 15 is 0 Å². The Bertz CT molecular complexity index is 1230. The molecule has 0 fully saturated rings. The van der Waals surface area contributed by atoms with E-state index in [-0.39, 0.29) is 31.1 Å². The minimum Gasteiger partial charge on any atom is -0.462 e. The second-order valence-corrected chi connectivity index (χ2v) is 21.0. The molecule has 0 heterocycles. The molecule has 0 spiro atoms. The molecule has 414 valence electrons. The minimum atomic E-state index is -0.771. The van der Waals surface area contributed by atoms with Gasteiger partial charge in [-0.2, -0.15) is 0 Å². The molecule has 0 aliphatic carbocycles. The lowest BCUT2D eigenvalue weighted by atomic mass is 10.0. The lowest BCUT2D eigenvalue weighted by molar-refractivity contribution is -0.167. The van der Waals surface area contributed by atoms with Crippen LogP contribution < -0.4 is 0 Å². The number of carbonyl (C=O) groups excluding carboxylic acids is 3. The van der Waals surface area contributed by atoms with E-state index in [9.17, 15) is 14.4 Å². The zero-order valence-electron chi connectivity index (χ0n) is 47.5. The fourth-order valence-corrected chi connectivity index (χ4v) is 9.09. The third-order valence-electron chi connectivity index (χ3n) is 13.8. The molecule has 0 aromatic heterocycles. The highest BCUT2D eigenvalue weighted by atomic mass is 16.6. The standard InChI is InChI=1S/C65H118O6/c1-4-7-10-13-15-17-19-21-23-25-27-29-30-31-32-33-34-36-37-39-41-43-45-47-49-52-55-58-64(67)70-61-62(60-69-63(66)57-54-51-12-9-6-3)71-65(68)59-56-53-50-48-46-44-42-40-38-35-28-26-24-22-20-18-16-14-11-8-5-2/h19-22,25-28,62H,4-18,23-24,29-61H2,1-3H3/b21-19-,22-20-,27-25-,28-26-. The first-order valence-corrected chi connectivity index (χ1v) is 31.1. The van der Waals surface area contributed by atoms with Gasteiger partial charge in [-0.3, -0.25) is 14.4 Å². The van der Waals surface area contributed by atoms with Crippen LogP contribution in [0.3, 0.4) is 0 Å². The average Bonchev–Trinajstić information content (AvgIpc) is 3.37. The molecule has 0 rings (SSSR count). The quantitative estimate of drug-likeness (QED) is 0.0261. The van der Waals surface area contributed by atoms with E-state index in [0.29, 0.717) is 19.3 Å². The summed E-state index contributed by atoms with van der Waals surface area (Å²) >= 11 is 0. The smallest absolute Gasteiger partial charge is 0.306 e. The van der Waals surface area contributed by atoms with Crippen molar-refractivity contribution in [3.63, 3.8) is 0 Å². The predicted octanol–water partition coefficient (Wildman–Crippen LogP) is 21.0. The van der Waals surface area contributed by atoms with Crippen LogP contribution >= 0.6 is 0 Å². The van der Waals surface area contributed by atoms with Gasteiger partial charge in [-0.15, -0.1) is 0 Å². The van der Waals surface area contributed by atoms with Gasteiger partial charge in [0.05, 0.1) is 0 Å². The number of rotatable bonds is 57. The molecule has 0 aliphatic rings. The van der Waals surface area contributed by atoms with Crippen LogP contribution in [0.15, 0.2) is 48.6 Å². The number of esters is 3. The van der Waals surface area contributed by atoms with E-state index < -0.39 is 6.10 Å². The van der Waals surface area contributed by atoms with Gasteiger partial charge in [0.25, 0.3) is 0 Å². The second kappa shape index (κ2) is 59.9. The molecule has 6 nitrogen and oxygen atoms in total. The Labute approximate surface area is 441 Å². The molecule has 0 saturated heterocycles. The van der Waals surface area contributed by atoms with Gasteiger partial charge in [-0.05, 0) is 83.5 Å². The molecular weight excluding hydrogens is 877 g/mol. The number of hydrogen-bond donors (Lipinski definition) is 0. The Morgan fingerprint density at radius 3 is 0.775 bits per heavy atom. The lowest BCUT2D eigenvalue weighted by Gasteiger charge is -2.18. The van der Waals surface area contributed by atoms with E-state index in [4.69, 9.17) is 14.2 Å². The van der Waals surface area contributed by atoms with E-state index in [1.54, 1.807) is 0 Å². The maximum absolute atomic E-state index is 12.8. The molecule has 1 unspecified atom stereocenters. The van der Waals surface area contributed by atoms with Crippen molar-refractivity contribution in [2.75, 3.05) is 13.2 Å². The maximum Gasteiger partial charge on any atom is 0.306 e. The molecule has 0 aliphatic heterocycles. The van der Waals surface area contributed by atoms with Crippen LogP contribution in [0.4, 0.5) is 0 Å². The SMILES string of the molecule is CCCCCCC/C=C\C/C=C\CCCCCCCCCCCCCCCCCC(=O)OCC(COC(=O)CCCCCCC)OC(=O)CCCCCCCCCCC/C=C\C/C=C\CCCCCCC. The van der Waals surface area contributed by atoms with Gasteiger partial charge in [-0.1, -0.05) is 275 Å². The van der Waals surface area contributed by atoms with Gasteiger partial charge in [-0.25, -0.2) is 0 Å². The van der Waals surface area contributed by atoms with E-state index in [1.165, 1.54) is 212 Å². The minimum absolute atomic E-state index is 0.0725. The lowest BCUT2D eigenvalue weighted by Crippen LogP contribution is -2.30. The summed E-state index contributed by atoms with van der Waals surface area (Å²) in [5.74, 6) is -0.876. The molecule has 0 bridgehead atoms. The van der Waals surface area contributed by atoms with E-state index in [1.807, 2.05) is 0 Å². The van der Waals surface area contributed by atoms with Crippen molar-refractivity contribution >= 4 is 17.9 Å². The number of hydrogen-bond acceptors (Lipinski definition) is 6. The number of carbonyl (C=O) groups is 3. The monoisotopic (exact) mass is 995 g/mol. The summed E-state index contributed by atoms with van der Waals surface area (Å²) in [4.78, 5) is 37.9. The second-order valence-electron chi connectivity index (χ2n) is 21.0. The summed E-state index contributed by atoms with van der Waals surface area (Å²) < 4.78 is 16.8. The van der Waals surface area contributed by atoms with Crippen molar-refractivity contribution in [1.29, 1.82) is 0 Å². The van der Waals surface area contributed by atoms with Crippen LogP contribution in [0.2, 0.25) is 0 Å². The van der Waals surface area contributed by atoms with Crippen molar-refractivity contribution in [2.45, 2.75) is 335 Å². The number of ether oxygens (including phenoxy) is 3. The molecule has 6 heteroatoms. The fourth-order valence-electron chi connectivity index (χ4n) is 9.09. The number of unbranched alkanes of at least 4 members (excludes halogenated alkanes) is 38. The van der Waals surface area contributed by atoms with Crippen molar-refractivity contribution < 1.29 is 28.6 Å². The molecule has 0 radical (unpaired) electrons. The van der Waals surface area contributed by atoms with Crippen LogP contribution in [-0.4, -0.2) is 37.2 Å². The summed E-state index contributed by atoms with van der Waals surface area (Å²) in [6, 6.07) is 0. The molecule has 0 saturated carbocycles. The van der Waals surface area contributed by atoms with E-state index in [2.05, 4.69) is 69.4 Å². The van der Waals surface area contributed by atoms with Crippen molar-refractivity contribution in [3.8, 4) is 0 Å². The van der Waals surface area contributed by atoms with Crippen LogP contribution in [0.25, 0.3) is 0 Å². The summed E-state index contributed by atoms with van der Waals surface area (Å²) in [6.07, 6.45) is 74.5. The Hall–Kier alpha value is -2.63. The first-order chi connectivity index (χ1) is 35.0. The summed E-state index contributed by atoms with van der Waals surface area (Å²) in [5.41, 5.74) is 0. The van der Waals surface area contributed by atoms with Gasteiger partial charge < -0.3 is 14.2 Å². The summed E-state index contributed by atoms with van der Waals surface area (Å²) in [5, 5.41) is 0. The fraction of sp³-hybridized carbons (Fsp3) is 0.831. The van der Waals surface area contributed by atoms with Crippen molar-refractivity contribution in [2.24, 2.45) is 0 Å². The van der Waals surface area contributed by atoms with E-state index in [0.717, 1.165) is 77.0 Å². The Balaban J connectivity index is 4.02. The van der Waals surface area contributed by atoms with Gasteiger partial charge >= 0.3 is 17.9 Å². The highest BCUT2D eigenvalue weighted by molar-refractivity contribution is 5.71. The molecule has 1 atom stereocenters. The third kappa shape index (κ3) is 58.1. The molecular formula is C65H118O6. The van der Waals surface area contributed by atoms with Crippen LogP contribution in [0.1, 0.15) is 329 Å². The van der Waals surface area contributed by atoms with Crippen LogP contribution in [0.5, 0.6) is 0 Å². The summed E-state index contributed by atoms with van der Waals surface area (Å²) in [7, 11) is 0. The molecule has 0 amide bonds. The van der Waals surface area contributed by atoms with Crippen molar-refractivity contribution in [1.82, 2.24) is 0 Å². The predicted molar refractivity (Wildman–Crippen MR) is 307 cm³/mol. The molecule has 71 heavy (non-hydrogen) atoms. The maximum atomic E-state index is 12.8. The first-order valence-electron chi connectivity index (χ1n) is 31.1. The summed E-state index contributed by atoms with van der Waals surface area (Å²) in [6.45, 7) is 6.57. The Morgan fingerprint density at radius 1 is 0.282 bits per heavy atom. The topological polar surface area (TPSA) is 78.9 Å².